The second-order valence-electron chi connectivity index (χ2n) is 5.63. The minimum absolute atomic E-state index is 0.133. The average Bonchev–Trinajstić information content (AvgIpc) is 3.33. The second-order valence-corrected chi connectivity index (χ2v) is 8.59. The highest BCUT2D eigenvalue weighted by Crippen LogP contribution is 2.47. The Labute approximate surface area is 124 Å². The molecule has 0 spiro atoms. The lowest BCUT2D eigenvalue weighted by molar-refractivity contribution is 0.581. The molecular formula is C14H20N2O2S2. The van der Waals surface area contributed by atoms with Crippen molar-refractivity contribution in [3.63, 3.8) is 0 Å². The molecule has 20 heavy (non-hydrogen) atoms. The molecule has 0 unspecified atom stereocenters. The molecule has 2 aliphatic carbocycles. The third-order valence-electron chi connectivity index (χ3n) is 3.92. The van der Waals surface area contributed by atoms with E-state index in [9.17, 15) is 8.42 Å². The molecule has 0 atom stereocenters. The van der Waals surface area contributed by atoms with Gasteiger partial charge in [0.15, 0.2) is 0 Å². The van der Waals surface area contributed by atoms with Gasteiger partial charge in [0.2, 0.25) is 10.0 Å². The topological polar surface area (TPSA) is 58.2 Å². The summed E-state index contributed by atoms with van der Waals surface area (Å²) in [6.45, 7) is 0.824. The third-order valence-corrected chi connectivity index (χ3v) is 6.91. The monoisotopic (exact) mass is 312 g/mol. The average molecular weight is 312 g/mol. The highest BCUT2D eigenvalue weighted by molar-refractivity contribution is 8.00. The van der Waals surface area contributed by atoms with Crippen LogP contribution in [-0.4, -0.2) is 32.0 Å². The number of para-hydroxylation sites is 1. The molecule has 2 N–H and O–H groups in total. The normalized spacial score (nSPS) is 20.6. The fourth-order valence-corrected chi connectivity index (χ4v) is 4.40. The van der Waals surface area contributed by atoms with Crippen molar-refractivity contribution in [2.24, 2.45) is 0 Å². The van der Waals surface area contributed by atoms with Crippen LogP contribution in [0.15, 0.2) is 29.2 Å². The Kier molecular flexibility index (Phi) is 3.73. The van der Waals surface area contributed by atoms with Crippen molar-refractivity contribution in [2.45, 2.75) is 41.4 Å². The summed E-state index contributed by atoms with van der Waals surface area (Å²) < 4.78 is 27.8. The lowest BCUT2D eigenvalue weighted by Gasteiger charge is -2.17. The van der Waals surface area contributed by atoms with E-state index >= 15 is 0 Å². The van der Waals surface area contributed by atoms with Gasteiger partial charge < -0.3 is 5.32 Å². The molecule has 0 saturated heterocycles. The van der Waals surface area contributed by atoms with Crippen molar-refractivity contribution >= 4 is 27.5 Å². The molecule has 1 aromatic rings. The summed E-state index contributed by atoms with van der Waals surface area (Å²) in [6, 6.07) is 7.29. The van der Waals surface area contributed by atoms with E-state index < -0.39 is 10.0 Å². The molecule has 0 bridgehead atoms. The first kappa shape index (κ1) is 14.2. The van der Waals surface area contributed by atoms with Crippen LogP contribution in [0, 0.1) is 0 Å². The highest BCUT2D eigenvalue weighted by atomic mass is 32.2. The van der Waals surface area contributed by atoms with Gasteiger partial charge in [-0.1, -0.05) is 12.1 Å². The van der Waals surface area contributed by atoms with E-state index in [-0.39, 0.29) is 6.04 Å². The van der Waals surface area contributed by atoms with Crippen LogP contribution in [0.1, 0.15) is 25.7 Å². The summed E-state index contributed by atoms with van der Waals surface area (Å²) in [5.74, 6) is 0. The van der Waals surface area contributed by atoms with Crippen molar-refractivity contribution in [3.05, 3.63) is 24.3 Å². The fourth-order valence-electron chi connectivity index (χ4n) is 2.18. The van der Waals surface area contributed by atoms with E-state index in [2.05, 4.69) is 16.3 Å². The van der Waals surface area contributed by atoms with Gasteiger partial charge in [0.25, 0.3) is 0 Å². The maximum absolute atomic E-state index is 12.4. The zero-order chi connectivity index (χ0) is 14.2. The standard InChI is InChI=1S/C14H20N2O2S2/c1-19-14(8-9-14)10-15-12-4-2-3-5-13(12)20(17,18)16-11-6-7-11/h2-5,11,15-16H,6-10H2,1H3. The Hall–Kier alpha value is -0.720. The SMILES string of the molecule is CSC1(CNc2ccccc2S(=O)(=O)NC2CC2)CC1. The van der Waals surface area contributed by atoms with E-state index in [4.69, 9.17) is 0 Å². The number of rotatable bonds is 7. The molecule has 0 aromatic heterocycles. The number of hydrogen-bond acceptors (Lipinski definition) is 4. The number of benzene rings is 1. The van der Waals surface area contributed by atoms with Gasteiger partial charge in [-0.2, -0.15) is 11.8 Å². The van der Waals surface area contributed by atoms with E-state index in [0.29, 0.717) is 15.3 Å². The van der Waals surface area contributed by atoms with Crippen LogP contribution in [0.25, 0.3) is 0 Å². The Morgan fingerprint density at radius 2 is 2.00 bits per heavy atom. The maximum atomic E-state index is 12.4. The first-order chi connectivity index (χ1) is 9.55. The largest absolute Gasteiger partial charge is 0.383 e. The Balaban J connectivity index is 1.77. The molecule has 2 fully saturated rings. The van der Waals surface area contributed by atoms with Gasteiger partial charge in [-0.05, 0) is 44.1 Å². The quantitative estimate of drug-likeness (QED) is 0.812. The van der Waals surface area contributed by atoms with Gasteiger partial charge in [0, 0.05) is 17.3 Å². The van der Waals surface area contributed by atoms with Gasteiger partial charge in [-0.25, -0.2) is 13.1 Å². The van der Waals surface area contributed by atoms with Gasteiger partial charge in [-0.15, -0.1) is 0 Å². The van der Waals surface area contributed by atoms with Crippen molar-refractivity contribution < 1.29 is 8.42 Å². The summed E-state index contributed by atoms with van der Waals surface area (Å²) in [7, 11) is -3.40. The molecule has 0 aliphatic heterocycles. The Morgan fingerprint density at radius 1 is 1.30 bits per heavy atom. The first-order valence-electron chi connectivity index (χ1n) is 6.95. The minimum Gasteiger partial charge on any atom is -0.383 e. The molecular weight excluding hydrogens is 292 g/mol. The van der Waals surface area contributed by atoms with Crippen molar-refractivity contribution in [2.75, 3.05) is 18.1 Å². The summed E-state index contributed by atoms with van der Waals surface area (Å²) in [4.78, 5) is 0.365. The van der Waals surface area contributed by atoms with Crippen LogP contribution in [0.5, 0.6) is 0 Å². The number of anilines is 1. The zero-order valence-corrected chi connectivity index (χ0v) is 13.2. The van der Waals surface area contributed by atoms with E-state index in [0.717, 1.165) is 19.4 Å². The minimum atomic E-state index is -3.40. The molecule has 4 nitrogen and oxygen atoms in total. The molecule has 0 heterocycles. The summed E-state index contributed by atoms with van der Waals surface area (Å²) in [5, 5.41) is 3.33. The summed E-state index contributed by atoms with van der Waals surface area (Å²) in [5.41, 5.74) is 0.709. The molecule has 1 aromatic carbocycles. The van der Waals surface area contributed by atoms with Gasteiger partial charge >= 0.3 is 0 Å². The zero-order valence-electron chi connectivity index (χ0n) is 11.6. The highest BCUT2D eigenvalue weighted by Gasteiger charge is 2.41. The number of hydrogen-bond donors (Lipinski definition) is 2. The van der Waals surface area contributed by atoms with Gasteiger partial charge in [-0.3, -0.25) is 0 Å². The number of sulfonamides is 1. The summed E-state index contributed by atoms with van der Waals surface area (Å²) in [6.07, 6.45) is 6.42. The molecule has 110 valence electrons. The predicted octanol–water partition coefficient (Wildman–Crippen LogP) is 2.43. The molecule has 0 radical (unpaired) electrons. The van der Waals surface area contributed by atoms with E-state index in [1.165, 1.54) is 12.8 Å². The molecule has 0 amide bonds. The van der Waals surface area contributed by atoms with Crippen LogP contribution in [0.3, 0.4) is 0 Å². The summed E-state index contributed by atoms with van der Waals surface area (Å²) >= 11 is 1.86. The van der Waals surface area contributed by atoms with Gasteiger partial charge in [0.05, 0.1) is 5.69 Å². The smallest absolute Gasteiger partial charge is 0.242 e. The molecule has 2 aliphatic rings. The lowest BCUT2D eigenvalue weighted by atomic mass is 10.3. The lowest BCUT2D eigenvalue weighted by Crippen LogP contribution is -2.27. The second kappa shape index (κ2) is 5.24. The van der Waals surface area contributed by atoms with Crippen molar-refractivity contribution in [1.82, 2.24) is 4.72 Å². The Morgan fingerprint density at radius 3 is 2.60 bits per heavy atom. The predicted molar refractivity (Wildman–Crippen MR) is 83.8 cm³/mol. The molecule has 3 rings (SSSR count). The Bertz CT molecular complexity index is 593. The van der Waals surface area contributed by atoms with Crippen LogP contribution in [0.4, 0.5) is 5.69 Å². The maximum Gasteiger partial charge on any atom is 0.242 e. The van der Waals surface area contributed by atoms with Crippen molar-refractivity contribution in [1.29, 1.82) is 0 Å². The van der Waals surface area contributed by atoms with E-state index in [1.807, 2.05) is 23.9 Å². The van der Waals surface area contributed by atoms with Crippen LogP contribution in [-0.2, 0) is 10.0 Å². The van der Waals surface area contributed by atoms with Crippen molar-refractivity contribution in [3.8, 4) is 0 Å². The third kappa shape index (κ3) is 3.13. The molecule has 6 heteroatoms. The number of thioether (sulfide) groups is 1. The van der Waals surface area contributed by atoms with Gasteiger partial charge in [0.1, 0.15) is 4.90 Å². The fraction of sp³-hybridized carbons (Fsp3) is 0.571. The van der Waals surface area contributed by atoms with Crippen LogP contribution in [0.2, 0.25) is 0 Å². The first-order valence-corrected chi connectivity index (χ1v) is 9.66. The molecule has 2 saturated carbocycles. The van der Waals surface area contributed by atoms with Crippen LogP contribution < -0.4 is 10.0 Å². The number of nitrogens with one attached hydrogen (secondary N) is 2. The van der Waals surface area contributed by atoms with E-state index in [1.54, 1.807) is 12.1 Å². The van der Waals surface area contributed by atoms with Crippen LogP contribution >= 0.6 is 11.8 Å².